The largest absolute Gasteiger partial charge is 0.416 e. The van der Waals surface area contributed by atoms with Crippen LogP contribution in [0.3, 0.4) is 0 Å². The molecule has 0 fully saturated rings. The average molecular weight is 483 g/mol. The van der Waals surface area contributed by atoms with Crippen molar-refractivity contribution in [2.24, 2.45) is 0 Å². The molecule has 0 saturated heterocycles. The Balaban J connectivity index is 1.97. The summed E-state index contributed by atoms with van der Waals surface area (Å²) < 4.78 is 66.7. The van der Waals surface area contributed by atoms with Crippen LogP contribution in [0, 0.1) is 6.92 Å². The fourth-order valence-corrected chi connectivity index (χ4v) is 4.80. The number of halogens is 3. The number of carbonyl (C=O) groups is 1. The summed E-state index contributed by atoms with van der Waals surface area (Å²) >= 11 is 1.15. The second-order valence-electron chi connectivity index (χ2n) is 6.48. The summed E-state index contributed by atoms with van der Waals surface area (Å²) in [5.41, 5.74) is -1.14. The van der Waals surface area contributed by atoms with Gasteiger partial charge in [-0.25, -0.2) is 8.42 Å². The van der Waals surface area contributed by atoms with Crippen molar-refractivity contribution in [2.75, 3.05) is 16.2 Å². The lowest BCUT2D eigenvalue weighted by Crippen LogP contribution is -2.31. The fraction of sp³-hybridized carbons (Fsp3) is 0.150. The molecule has 0 bridgehead atoms. The third-order valence-electron chi connectivity index (χ3n) is 4.19. The van der Waals surface area contributed by atoms with Gasteiger partial charge in [0.15, 0.2) is 0 Å². The number of alkyl halides is 3. The van der Waals surface area contributed by atoms with Crippen LogP contribution in [0.1, 0.15) is 20.9 Å². The Kier molecular flexibility index (Phi) is 6.65. The van der Waals surface area contributed by atoms with Crippen molar-refractivity contribution in [3.05, 3.63) is 77.3 Å². The van der Waals surface area contributed by atoms with Crippen molar-refractivity contribution in [2.45, 2.75) is 18.0 Å². The van der Waals surface area contributed by atoms with Crippen molar-refractivity contribution in [3.63, 3.8) is 0 Å². The number of hydrogen-bond donors (Lipinski definition) is 1. The lowest BCUT2D eigenvalue weighted by molar-refractivity contribution is -0.137. The highest BCUT2D eigenvalue weighted by atomic mass is 32.2. The van der Waals surface area contributed by atoms with E-state index in [4.69, 9.17) is 0 Å². The topological polar surface area (TPSA) is 92.3 Å². The number of aryl methyl sites for hydroxylation is 1. The van der Waals surface area contributed by atoms with Crippen molar-refractivity contribution < 1.29 is 26.4 Å². The molecule has 12 heteroatoms. The van der Waals surface area contributed by atoms with Gasteiger partial charge in [0.1, 0.15) is 5.01 Å². The molecule has 1 N–H and O–H groups in total. The first-order chi connectivity index (χ1) is 15.0. The fourth-order valence-electron chi connectivity index (χ4n) is 2.74. The molecular formula is C20H17F3N4O3S2. The van der Waals surface area contributed by atoms with Gasteiger partial charge in [-0.05, 0) is 43.3 Å². The molecule has 0 unspecified atom stereocenters. The SMILES string of the molecule is C=CCN(c1cccc(C(F)(F)F)c1)S(=O)(=O)c1cccc(C(=O)Nc2nnc(C)s2)c1. The van der Waals surface area contributed by atoms with E-state index in [0.29, 0.717) is 5.01 Å². The molecule has 0 aliphatic heterocycles. The maximum absolute atomic E-state index is 13.3. The number of rotatable bonds is 7. The van der Waals surface area contributed by atoms with Crippen LogP contribution in [0.5, 0.6) is 0 Å². The van der Waals surface area contributed by atoms with Crippen LogP contribution in [0.2, 0.25) is 0 Å². The van der Waals surface area contributed by atoms with E-state index in [1.165, 1.54) is 30.3 Å². The predicted molar refractivity (Wildman–Crippen MR) is 115 cm³/mol. The second-order valence-corrected chi connectivity index (χ2v) is 9.53. The third-order valence-corrected chi connectivity index (χ3v) is 6.73. The predicted octanol–water partition coefficient (Wildman–Crippen LogP) is 4.50. The molecule has 0 saturated carbocycles. The lowest BCUT2D eigenvalue weighted by atomic mass is 10.2. The van der Waals surface area contributed by atoms with Crippen LogP contribution in [0.4, 0.5) is 24.0 Å². The molecule has 1 amide bonds. The van der Waals surface area contributed by atoms with Crippen molar-refractivity contribution in [1.82, 2.24) is 10.2 Å². The van der Waals surface area contributed by atoms with Crippen LogP contribution in [-0.4, -0.2) is 31.1 Å². The van der Waals surface area contributed by atoms with Gasteiger partial charge in [-0.15, -0.1) is 16.8 Å². The minimum atomic E-state index is -4.64. The summed E-state index contributed by atoms with van der Waals surface area (Å²) in [7, 11) is -4.31. The van der Waals surface area contributed by atoms with Gasteiger partial charge in [0.25, 0.3) is 15.9 Å². The highest BCUT2D eigenvalue weighted by Gasteiger charge is 2.32. The molecule has 0 atom stereocenters. The van der Waals surface area contributed by atoms with E-state index in [-0.39, 0.29) is 27.8 Å². The standard InChI is InChI=1S/C20H17F3N4O3S2/c1-3-10-27(16-8-5-7-15(12-16)20(21,22)23)32(29,30)17-9-4-6-14(11-17)18(28)24-19-26-25-13(2)31-19/h3-9,11-12H,1,10H2,2H3,(H,24,26,28). The molecule has 168 valence electrons. The molecule has 2 aromatic carbocycles. The Morgan fingerprint density at radius 2 is 1.91 bits per heavy atom. The normalized spacial score (nSPS) is 11.8. The average Bonchev–Trinajstić information content (AvgIpc) is 3.16. The molecule has 0 radical (unpaired) electrons. The quantitative estimate of drug-likeness (QED) is 0.501. The van der Waals surface area contributed by atoms with Gasteiger partial charge in [-0.2, -0.15) is 13.2 Å². The van der Waals surface area contributed by atoms with E-state index in [0.717, 1.165) is 39.9 Å². The van der Waals surface area contributed by atoms with Gasteiger partial charge in [0.2, 0.25) is 5.13 Å². The Bertz CT molecular complexity index is 1260. The zero-order valence-electron chi connectivity index (χ0n) is 16.6. The molecule has 0 spiro atoms. The first kappa shape index (κ1) is 23.4. The van der Waals surface area contributed by atoms with Crippen LogP contribution in [0.25, 0.3) is 0 Å². The van der Waals surface area contributed by atoms with E-state index >= 15 is 0 Å². The number of anilines is 2. The summed E-state index contributed by atoms with van der Waals surface area (Å²) in [6, 6.07) is 9.14. The van der Waals surface area contributed by atoms with E-state index in [1.54, 1.807) is 6.92 Å². The van der Waals surface area contributed by atoms with Crippen LogP contribution < -0.4 is 9.62 Å². The number of nitrogens with one attached hydrogen (secondary N) is 1. The molecule has 32 heavy (non-hydrogen) atoms. The van der Waals surface area contributed by atoms with Gasteiger partial charge in [-0.1, -0.05) is 29.5 Å². The molecule has 3 aromatic rings. The Morgan fingerprint density at radius 3 is 2.53 bits per heavy atom. The second kappa shape index (κ2) is 9.09. The minimum Gasteiger partial charge on any atom is -0.296 e. The zero-order chi connectivity index (χ0) is 23.5. The molecule has 7 nitrogen and oxygen atoms in total. The van der Waals surface area contributed by atoms with Crippen LogP contribution >= 0.6 is 11.3 Å². The number of carbonyl (C=O) groups excluding carboxylic acids is 1. The van der Waals surface area contributed by atoms with Crippen molar-refractivity contribution in [1.29, 1.82) is 0 Å². The number of hydrogen-bond acceptors (Lipinski definition) is 6. The highest BCUT2D eigenvalue weighted by molar-refractivity contribution is 7.92. The number of benzene rings is 2. The Hall–Kier alpha value is -3.25. The van der Waals surface area contributed by atoms with Gasteiger partial charge in [0, 0.05) is 5.56 Å². The Morgan fingerprint density at radius 1 is 1.19 bits per heavy atom. The molecule has 1 heterocycles. The highest BCUT2D eigenvalue weighted by Crippen LogP contribution is 2.33. The van der Waals surface area contributed by atoms with Crippen LogP contribution in [-0.2, 0) is 16.2 Å². The Labute approximate surface area is 186 Å². The van der Waals surface area contributed by atoms with Crippen molar-refractivity contribution in [3.8, 4) is 0 Å². The summed E-state index contributed by atoms with van der Waals surface area (Å²) in [6.45, 7) is 4.93. The van der Waals surface area contributed by atoms with Gasteiger partial charge in [0.05, 0.1) is 22.7 Å². The molecule has 3 rings (SSSR count). The summed E-state index contributed by atoms with van der Waals surface area (Å²) in [5.74, 6) is -0.604. The van der Waals surface area contributed by atoms with E-state index < -0.39 is 27.7 Å². The van der Waals surface area contributed by atoms with Gasteiger partial charge >= 0.3 is 6.18 Å². The smallest absolute Gasteiger partial charge is 0.296 e. The molecular weight excluding hydrogens is 465 g/mol. The zero-order valence-corrected chi connectivity index (χ0v) is 18.3. The molecule has 0 aliphatic rings. The summed E-state index contributed by atoms with van der Waals surface area (Å²) in [6.07, 6.45) is -3.38. The van der Waals surface area contributed by atoms with E-state index in [9.17, 15) is 26.4 Å². The van der Waals surface area contributed by atoms with E-state index in [2.05, 4.69) is 22.1 Å². The third kappa shape index (κ3) is 5.14. The molecule has 1 aromatic heterocycles. The number of sulfonamides is 1. The van der Waals surface area contributed by atoms with Crippen LogP contribution in [0.15, 0.2) is 66.1 Å². The first-order valence-corrected chi connectivity index (χ1v) is 11.3. The minimum absolute atomic E-state index is 0.0292. The number of nitrogens with zero attached hydrogens (tertiary/aromatic N) is 3. The molecule has 0 aliphatic carbocycles. The van der Waals surface area contributed by atoms with Gasteiger partial charge < -0.3 is 0 Å². The maximum atomic E-state index is 13.3. The first-order valence-electron chi connectivity index (χ1n) is 9.05. The summed E-state index contributed by atoms with van der Waals surface area (Å²) in [4.78, 5) is 12.2. The number of amides is 1. The number of aromatic nitrogens is 2. The van der Waals surface area contributed by atoms with Crippen molar-refractivity contribution >= 4 is 38.1 Å². The lowest BCUT2D eigenvalue weighted by Gasteiger charge is -2.24. The maximum Gasteiger partial charge on any atom is 0.416 e. The van der Waals surface area contributed by atoms with Gasteiger partial charge in [-0.3, -0.25) is 14.4 Å². The summed E-state index contributed by atoms with van der Waals surface area (Å²) in [5, 5.41) is 11.0. The monoisotopic (exact) mass is 482 g/mol. The van der Waals surface area contributed by atoms with E-state index in [1.807, 2.05) is 0 Å².